The predicted molar refractivity (Wildman–Crippen MR) is 133 cm³/mol. The lowest BCUT2D eigenvalue weighted by Crippen LogP contribution is -2.22. The first-order valence-corrected chi connectivity index (χ1v) is 14.3. The molecule has 7 atom stereocenters. The van der Waals surface area contributed by atoms with E-state index in [1.54, 1.807) is 18.2 Å². The Morgan fingerprint density at radius 2 is 1.36 bits per heavy atom. The van der Waals surface area contributed by atoms with Gasteiger partial charge >= 0.3 is 11.9 Å². The lowest BCUT2D eigenvalue weighted by molar-refractivity contribution is -0.168. The Bertz CT molecular complexity index is 891. The Morgan fingerprint density at radius 1 is 0.750 bits per heavy atom. The van der Waals surface area contributed by atoms with E-state index in [-0.39, 0.29) is 24.8 Å². The molecule has 5 aliphatic rings. The second-order valence-corrected chi connectivity index (χ2v) is 12.1. The standard InChI is InChI=1S/C30H40O6/c31-29(35-17-26-11-19-4-6-22(26)9-19)24-13-21(16-34-28-3-1-2-8-33-28)14-25(15-24)30(32)36-18-27-12-20-5-7-23(27)10-20/h13-15,19-20,22-23,26-28H,1-12,16-18H2. The molecule has 0 aromatic heterocycles. The maximum Gasteiger partial charge on any atom is 0.338 e. The lowest BCUT2D eigenvalue weighted by Gasteiger charge is -2.23. The van der Waals surface area contributed by atoms with E-state index in [1.165, 1.54) is 51.4 Å². The highest BCUT2D eigenvalue weighted by atomic mass is 16.7. The van der Waals surface area contributed by atoms with E-state index >= 15 is 0 Å². The molecule has 1 saturated heterocycles. The topological polar surface area (TPSA) is 71.1 Å². The van der Waals surface area contributed by atoms with Crippen molar-refractivity contribution in [3.63, 3.8) is 0 Å². The van der Waals surface area contributed by atoms with E-state index in [1.807, 2.05) is 0 Å². The van der Waals surface area contributed by atoms with Gasteiger partial charge in [0.1, 0.15) is 0 Å². The second kappa shape index (κ2) is 10.8. The first kappa shape index (κ1) is 24.4. The van der Waals surface area contributed by atoms with E-state index in [9.17, 15) is 9.59 Å². The molecule has 6 nitrogen and oxygen atoms in total. The molecule has 1 aromatic rings. The lowest BCUT2D eigenvalue weighted by atomic mass is 9.89. The molecule has 0 radical (unpaired) electrons. The molecule has 6 heteroatoms. The minimum atomic E-state index is -0.365. The smallest absolute Gasteiger partial charge is 0.338 e. The molecular formula is C30H40O6. The molecule has 4 saturated carbocycles. The van der Waals surface area contributed by atoms with Crippen LogP contribution in [0.1, 0.15) is 96.9 Å². The summed E-state index contributed by atoms with van der Waals surface area (Å²) in [6.45, 7) is 1.94. The summed E-state index contributed by atoms with van der Waals surface area (Å²) in [6, 6.07) is 5.21. The van der Waals surface area contributed by atoms with Crippen LogP contribution in [-0.4, -0.2) is 38.0 Å². The highest BCUT2D eigenvalue weighted by Crippen LogP contribution is 2.49. The zero-order chi connectivity index (χ0) is 24.5. The van der Waals surface area contributed by atoms with Gasteiger partial charge in [0.05, 0.1) is 30.9 Å². The maximum absolute atomic E-state index is 13.1. The third-order valence-electron chi connectivity index (χ3n) is 9.66. The van der Waals surface area contributed by atoms with E-state index in [2.05, 4.69) is 0 Å². The molecule has 1 heterocycles. The van der Waals surface area contributed by atoms with Crippen LogP contribution in [0.25, 0.3) is 0 Å². The summed E-state index contributed by atoms with van der Waals surface area (Å²) in [5, 5.41) is 0. The van der Waals surface area contributed by atoms with Crippen LogP contribution in [-0.2, 0) is 25.6 Å². The summed E-state index contributed by atoms with van der Waals surface area (Å²) >= 11 is 0. The molecule has 1 aliphatic heterocycles. The van der Waals surface area contributed by atoms with Crippen molar-refractivity contribution < 1.29 is 28.5 Å². The fraction of sp³-hybridized carbons (Fsp3) is 0.733. The maximum atomic E-state index is 13.1. The Morgan fingerprint density at radius 3 is 1.83 bits per heavy atom. The molecule has 0 N–H and O–H groups in total. The van der Waals surface area contributed by atoms with Gasteiger partial charge in [-0.15, -0.1) is 0 Å². The number of benzene rings is 1. The van der Waals surface area contributed by atoms with Crippen molar-refractivity contribution in [3.8, 4) is 0 Å². The normalized spacial score (nSPS) is 34.7. The van der Waals surface area contributed by atoms with Crippen molar-refractivity contribution >= 4 is 11.9 Å². The van der Waals surface area contributed by atoms with Crippen molar-refractivity contribution in [2.45, 2.75) is 83.5 Å². The van der Waals surface area contributed by atoms with Gasteiger partial charge in [0.25, 0.3) is 0 Å². The number of esters is 2. The summed E-state index contributed by atoms with van der Waals surface area (Å²) in [5.41, 5.74) is 1.57. The van der Waals surface area contributed by atoms with Crippen LogP contribution < -0.4 is 0 Å². The molecule has 6 rings (SSSR count). The molecule has 0 amide bonds. The molecule has 36 heavy (non-hydrogen) atoms. The third kappa shape index (κ3) is 5.50. The van der Waals surface area contributed by atoms with E-state index in [0.717, 1.165) is 36.7 Å². The van der Waals surface area contributed by atoms with Crippen LogP contribution in [0.3, 0.4) is 0 Å². The molecular weight excluding hydrogens is 456 g/mol. The van der Waals surface area contributed by atoms with Gasteiger partial charge in [-0.2, -0.15) is 0 Å². The summed E-state index contributed by atoms with van der Waals surface area (Å²) in [7, 11) is 0. The number of carbonyl (C=O) groups excluding carboxylic acids is 2. The SMILES string of the molecule is O=C(OCC1CC2CCC1C2)c1cc(COC2CCCCO2)cc(C(=O)OCC2CC3CCC2C3)c1. The number of carbonyl (C=O) groups is 2. The van der Waals surface area contributed by atoms with E-state index in [0.29, 0.717) is 54.6 Å². The average Bonchev–Trinajstić information content (AvgIpc) is 3.72. The highest BCUT2D eigenvalue weighted by Gasteiger charge is 2.41. The fourth-order valence-electron chi connectivity index (χ4n) is 7.74. The first-order valence-electron chi connectivity index (χ1n) is 14.3. The van der Waals surface area contributed by atoms with Gasteiger partial charge < -0.3 is 18.9 Å². The summed E-state index contributed by atoms with van der Waals surface area (Å²) in [5.74, 6) is 3.27. The first-order chi connectivity index (χ1) is 17.6. The van der Waals surface area contributed by atoms with Gasteiger partial charge in [0.15, 0.2) is 6.29 Å². The van der Waals surface area contributed by atoms with Gasteiger partial charge in [0.2, 0.25) is 0 Å². The Balaban J connectivity index is 1.11. The number of ether oxygens (including phenoxy) is 4. The Hall–Kier alpha value is -1.92. The molecule has 1 aromatic carbocycles. The van der Waals surface area contributed by atoms with Crippen molar-refractivity contribution in [1.29, 1.82) is 0 Å². The van der Waals surface area contributed by atoms with Crippen LogP contribution in [0.4, 0.5) is 0 Å². The minimum absolute atomic E-state index is 0.236. The summed E-state index contributed by atoms with van der Waals surface area (Å²) in [4.78, 5) is 26.1. The van der Waals surface area contributed by atoms with Crippen LogP contribution in [0.2, 0.25) is 0 Å². The van der Waals surface area contributed by atoms with Crippen LogP contribution in [0, 0.1) is 35.5 Å². The van der Waals surface area contributed by atoms with Gasteiger partial charge in [-0.25, -0.2) is 9.59 Å². The van der Waals surface area contributed by atoms with E-state index in [4.69, 9.17) is 18.9 Å². The number of rotatable bonds is 9. The Labute approximate surface area is 214 Å². The third-order valence-corrected chi connectivity index (χ3v) is 9.66. The summed E-state index contributed by atoms with van der Waals surface area (Å²) in [6.07, 6.45) is 12.9. The number of fused-ring (bicyclic) bond motifs is 4. The van der Waals surface area contributed by atoms with Crippen molar-refractivity contribution in [3.05, 3.63) is 34.9 Å². The average molecular weight is 497 g/mol. The van der Waals surface area contributed by atoms with E-state index < -0.39 is 0 Å². The predicted octanol–water partition coefficient (Wildman–Crippen LogP) is 5.92. The van der Waals surface area contributed by atoms with Crippen molar-refractivity contribution in [1.82, 2.24) is 0 Å². The van der Waals surface area contributed by atoms with Crippen LogP contribution in [0.15, 0.2) is 18.2 Å². The molecule has 0 spiro atoms. The Kier molecular flexibility index (Phi) is 7.34. The van der Waals surface area contributed by atoms with Gasteiger partial charge in [-0.1, -0.05) is 12.8 Å². The van der Waals surface area contributed by atoms with Crippen molar-refractivity contribution in [2.75, 3.05) is 19.8 Å². The van der Waals surface area contributed by atoms with Gasteiger partial charge in [-0.3, -0.25) is 0 Å². The zero-order valence-electron chi connectivity index (χ0n) is 21.3. The second-order valence-electron chi connectivity index (χ2n) is 12.1. The fourth-order valence-corrected chi connectivity index (χ4v) is 7.74. The number of hydrogen-bond acceptors (Lipinski definition) is 6. The van der Waals surface area contributed by atoms with Gasteiger partial charge in [-0.05, 0) is 117 Å². The highest BCUT2D eigenvalue weighted by molar-refractivity contribution is 5.95. The van der Waals surface area contributed by atoms with Crippen LogP contribution in [0.5, 0.6) is 0 Å². The quantitative estimate of drug-likeness (QED) is 0.396. The van der Waals surface area contributed by atoms with Gasteiger partial charge in [0, 0.05) is 6.61 Å². The molecule has 196 valence electrons. The van der Waals surface area contributed by atoms with Crippen LogP contribution >= 0.6 is 0 Å². The largest absolute Gasteiger partial charge is 0.462 e. The molecule has 4 aliphatic carbocycles. The minimum Gasteiger partial charge on any atom is -0.462 e. The van der Waals surface area contributed by atoms with Crippen molar-refractivity contribution in [2.24, 2.45) is 35.5 Å². The summed E-state index contributed by atoms with van der Waals surface area (Å²) < 4.78 is 23.2. The molecule has 5 fully saturated rings. The zero-order valence-corrected chi connectivity index (χ0v) is 21.3. The number of hydrogen-bond donors (Lipinski definition) is 0. The molecule has 4 bridgehead atoms. The molecule has 7 unspecified atom stereocenters. The monoisotopic (exact) mass is 496 g/mol.